The zero-order chi connectivity index (χ0) is 28.4. The fourth-order valence-electron chi connectivity index (χ4n) is 5.42. The molecular formula is C28H34ClFN4O5S. The van der Waals surface area contributed by atoms with Crippen LogP contribution in [0.2, 0.25) is 5.02 Å². The molecule has 2 N–H and O–H groups in total. The monoisotopic (exact) mass is 592 g/mol. The van der Waals surface area contributed by atoms with Crippen LogP contribution < -0.4 is 5.32 Å². The highest BCUT2D eigenvalue weighted by molar-refractivity contribution is 7.11. The molecule has 5 rings (SSSR count). The summed E-state index contributed by atoms with van der Waals surface area (Å²) in [6, 6.07) is 3.29. The number of rotatable bonds is 10. The highest BCUT2D eigenvalue weighted by Gasteiger charge is 2.42. The molecule has 4 heterocycles. The van der Waals surface area contributed by atoms with E-state index in [9.17, 15) is 14.3 Å². The smallest absolute Gasteiger partial charge is 0.338 e. The quantitative estimate of drug-likeness (QED) is 0.314. The van der Waals surface area contributed by atoms with Crippen molar-refractivity contribution in [2.75, 3.05) is 26.3 Å². The largest absolute Gasteiger partial charge is 0.463 e. The van der Waals surface area contributed by atoms with Gasteiger partial charge in [-0.05, 0) is 37.8 Å². The van der Waals surface area contributed by atoms with Gasteiger partial charge in [0.25, 0.3) is 0 Å². The Hall–Kier alpha value is -2.41. The highest BCUT2D eigenvalue weighted by Crippen LogP contribution is 2.38. The number of aromatic nitrogens is 1. The number of hydrogen-bond donors (Lipinski definition) is 2. The molecule has 3 aliphatic rings. The van der Waals surface area contributed by atoms with Gasteiger partial charge in [0, 0.05) is 47.0 Å². The lowest BCUT2D eigenvalue weighted by Gasteiger charge is -2.44. The van der Waals surface area contributed by atoms with Gasteiger partial charge in [-0.3, -0.25) is 9.89 Å². The summed E-state index contributed by atoms with van der Waals surface area (Å²) in [6.07, 6.45) is 2.25. The Balaban J connectivity index is 1.55. The van der Waals surface area contributed by atoms with Gasteiger partial charge in [-0.2, -0.15) is 0 Å². The Morgan fingerprint density at radius 1 is 1.38 bits per heavy atom. The van der Waals surface area contributed by atoms with Crippen LogP contribution in [0.15, 0.2) is 46.0 Å². The van der Waals surface area contributed by atoms with E-state index in [1.807, 2.05) is 5.38 Å². The van der Waals surface area contributed by atoms with Gasteiger partial charge >= 0.3 is 5.97 Å². The second kappa shape index (κ2) is 12.6. The molecule has 0 amide bonds. The predicted octanol–water partition coefficient (Wildman–Crippen LogP) is 4.07. The molecule has 2 fully saturated rings. The van der Waals surface area contributed by atoms with E-state index in [1.54, 1.807) is 19.2 Å². The number of carbonyl (C=O) groups excluding carboxylic acids is 1. The van der Waals surface area contributed by atoms with Crippen LogP contribution in [0.25, 0.3) is 0 Å². The molecule has 0 bridgehead atoms. The molecule has 0 spiro atoms. The van der Waals surface area contributed by atoms with Gasteiger partial charge in [0.1, 0.15) is 18.0 Å². The standard InChI is InChI=1S/C28H34ClFN4O5S/c1-4-37-28(36)22-19(14-34-10-11-38-24(15(2)3)20(34)7-8-21-27(35)39-21)32-25(26-31-9-12-40-26)33-23(22)17-6-5-16(30)13-18(17)29/h5-6,9,12-13,15,20-21,23-24,27,35H,4,7-8,10-11,14H2,1-3H3,(H,32,33)/t20-,21?,23+,24-,27?/m1/s1. The first kappa shape index (κ1) is 29.1. The Morgan fingerprint density at radius 2 is 2.17 bits per heavy atom. The number of morpholine rings is 1. The lowest BCUT2D eigenvalue weighted by atomic mass is 9.91. The molecule has 0 saturated carbocycles. The predicted molar refractivity (Wildman–Crippen MR) is 150 cm³/mol. The van der Waals surface area contributed by atoms with Crippen molar-refractivity contribution < 1.29 is 28.5 Å². The van der Waals surface area contributed by atoms with E-state index in [0.717, 1.165) is 6.42 Å². The van der Waals surface area contributed by atoms with E-state index < -0.39 is 24.1 Å². The number of benzene rings is 1. The third kappa shape index (κ3) is 6.40. The lowest BCUT2D eigenvalue weighted by molar-refractivity contribution is -0.139. The number of aliphatic hydroxyl groups is 1. The lowest BCUT2D eigenvalue weighted by Crippen LogP contribution is -2.55. The molecule has 2 unspecified atom stereocenters. The molecule has 3 aliphatic heterocycles. The maximum absolute atomic E-state index is 14.0. The number of thiazole rings is 1. The second-order valence-corrected chi connectivity index (χ2v) is 11.7. The summed E-state index contributed by atoms with van der Waals surface area (Å²) in [5, 5.41) is 15.8. The number of aliphatic hydroxyl groups excluding tert-OH is 1. The molecule has 2 aromatic rings. The van der Waals surface area contributed by atoms with Gasteiger partial charge in [0.2, 0.25) is 0 Å². The Labute approximate surface area is 242 Å². The third-order valence-corrected chi connectivity index (χ3v) is 8.48. The van der Waals surface area contributed by atoms with Crippen LogP contribution in [-0.4, -0.2) is 77.6 Å². The Morgan fingerprint density at radius 3 is 2.83 bits per heavy atom. The number of ether oxygens (including phenoxy) is 3. The third-order valence-electron chi connectivity index (χ3n) is 7.37. The van der Waals surface area contributed by atoms with Crippen LogP contribution in [-0.2, 0) is 19.0 Å². The van der Waals surface area contributed by atoms with Gasteiger partial charge in [-0.25, -0.2) is 14.2 Å². The number of nitrogens with one attached hydrogen (secondary N) is 1. The topological polar surface area (TPSA) is 109 Å². The first-order valence-corrected chi connectivity index (χ1v) is 14.8. The van der Waals surface area contributed by atoms with Crippen molar-refractivity contribution in [3.63, 3.8) is 0 Å². The van der Waals surface area contributed by atoms with Crippen LogP contribution in [0.1, 0.15) is 50.2 Å². The van der Waals surface area contributed by atoms with Crippen LogP contribution >= 0.6 is 22.9 Å². The first-order chi connectivity index (χ1) is 19.3. The number of aliphatic imine (C=N–C) groups is 1. The van der Waals surface area contributed by atoms with Crippen molar-refractivity contribution in [1.82, 2.24) is 15.2 Å². The number of esters is 1. The van der Waals surface area contributed by atoms with E-state index in [4.69, 9.17) is 30.8 Å². The van der Waals surface area contributed by atoms with Crippen molar-refractivity contribution in [3.8, 4) is 0 Å². The maximum Gasteiger partial charge on any atom is 0.338 e. The van der Waals surface area contributed by atoms with Crippen molar-refractivity contribution in [2.24, 2.45) is 10.9 Å². The molecule has 2 saturated heterocycles. The van der Waals surface area contributed by atoms with Gasteiger partial charge in [0.05, 0.1) is 24.9 Å². The molecule has 216 valence electrons. The van der Waals surface area contributed by atoms with E-state index >= 15 is 0 Å². The zero-order valence-corrected chi connectivity index (χ0v) is 24.3. The summed E-state index contributed by atoms with van der Waals surface area (Å²) in [5.41, 5.74) is 1.45. The first-order valence-electron chi connectivity index (χ1n) is 13.6. The molecule has 1 aromatic carbocycles. The molecule has 9 nitrogen and oxygen atoms in total. The number of hydrogen-bond acceptors (Lipinski definition) is 10. The summed E-state index contributed by atoms with van der Waals surface area (Å²) in [7, 11) is 0. The van der Waals surface area contributed by atoms with Gasteiger partial charge in [-0.1, -0.05) is 31.5 Å². The Kier molecular flexibility index (Phi) is 9.18. The number of halogens is 2. The minimum Gasteiger partial charge on any atom is -0.463 e. The van der Waals surface area contributed by atoms with Crippen molar-refractivity contribution >= 4 is 34.7 Å². The fourth-order valence-corrected chi connectivity index (χ4v) is 6.28. The van der Waals surface area contributed by atoms with Crippen LogP contribution in [0, 0.1) is 11.7 Å². The van der Waals surface area contributed by atoms with Gasteiger partial charge in [0.15, 0.2) is 17.1 Å². The fraction of sp³-hybridized carbons (Fsp3) is 0.536. The average molecular weight is 593 g/mol. The number of nitrogens with zero attached hydrogens (tertiary/aromatic N) is 3. The summed E-state index contributed by atoms with van der Waals surface area (Å²) in [5.74, 6) is -0.233. The molecule has 0 aliphatic carbocycles. The second-order valence-electron chi connectivity index (χ2n) is 10.4. The molecule has 12 heteroatoms. The van der Waals surface area contributed by atoms with Crippen LogP contribution in [0.3, 0.4) is 0 Å². The molecule has 0 radical (unpaired) electrons. The van der Waals surface area contributed by atoms with Crippen LogP contribution in [0.4, 0.5) is 4.39 Å². The van der Waals surface area contributed by atoms with Gasteiger partial charge in [-0.15, -0.1) is 11.3 Å². The number of amidine groups is 1. The SMILES string of the molecule is CCOC(=O)C1=C(CN2CCO[C@H](C(C)C)[C@H]2CCC2OC2O)NC(c2nccs2)=N[C@H]1c1ccc(F)cc1Cl. The normalized spacial score (nSPS) is 27.0. The van der Waals surface area contributed by atoms with Crippen molar-refractivity contribution in [1.29, 1.82) is 0 Å². The molecule has 1 aromatic heterocycles. The maximum atomic E-state index is 14.0. The summed E-state index contributed by atoms with van der Waals surface area (Å²) in [4.78, 5) is 25.1. The van der Waals surface area contributed by atoms with E-state index in [0.29, 0.717) is 53.8 Å². The Bertz CT molecular complexity index is 1270. The van der Waals surface area contributed by atoms with Crippen LogP contribution in [0.5, 0.6) is 0 Å². The minimum atomic E-state index is -0.822. The summed E-state index contributed by atoms with van der Waals surface area (Å²) in [6.45, 7) is 7.77. The van der Waals surface area contributed by atoms with E-state index in [1.165, 1.54) is 23.5 Å². The minimum absolute atomic E-state index is 0.0259. The average Bonchev–Trinajstić information content (AvgIpc) is 3.36. The summed E-state index contributed by atoms with van der Waals surface area (Å²) < 4.78 is 31.0. The number of carbonyl (C=O) groups is 1. The van der Waals surface area contributed by atoms with Crippen molar-refractivity contribution in [2.45, 2.75) is 64.2 Å². The van der Waals surface area contributed by atoms with Gasteiger partial charge < -0.3 is 24.6 Å². The number of epoxide rings is 1. The molecule has 5 atom stereocenters. The van der Waals surface area contributed by atoms with Crippen molar-refractivity contribution in [3.05, 3.63) is 62.5 Å². The highest BCUT2D eigenvalue weighted by atomic mass is 35.5. The molecule has 40 heavy (non-hydrogen) atoms. The van der Waals surface area contributed by atoms with E-state index in [-0.39, 0.29) is 35.8 Å². The zero-order valence-electron chi connectivity index (χ0n) is 22.7. The van der Waals surface area contributed by atoms with E-state index in [2.05, 4.69) is 29.0 Å². The molecular weight excluding hydrogens is 559 g/mol. The summed E-state index contributed by atoms with van der Waals surface area (Å²) >= 11 is 7.93.